The zero-order chi connectivity index (χ0) is 12.3. The van der Waals surface area contributed by atoms with Crippen molar-refractivity contribution >= 4 is 11.6 Å². The summed E-state index contributed by atoms with van der Waals surface area (Å²) in [7, 11) is 0. The van der Waals surface area contributed by atoms with E-state index in [9.17, 15) is 0 Å². The number of rotatable bonds is 5. The van der Waals surface area contributed by atoms with Crippen LogP contribution in [-0.2, 0) is 6.54 Å². The van der Waals surface area contributed by atoms with Gasteiger partial charge in [-0.2, -0.15) is 0 Å². The van der Waals surface area contributed by atoms with Gasteiger partial charge in [-0.15, -0.1) is 11.6 Å². The fraction of sp³-hybridized carbons (Fsp3) is 0.600. The molecule has 1 aliphatic rings. The van der Waals surface area contributed by atoms with Crippen molar-refractivity contribution in [2.45, 2.75) is 45.7 Å². The largest absolute Gasteiger partial charge is 0.295 e. The van der Waals surface area contributed by atoms with E-state index in [0.717, 1.165) is 25.0 Å². The Balaban J connectivity index is 2.07. The fourth-order valence-corrected chi connectivity index (χ4v) is 2.66. The van der Waals surface area contributed by atoms with Crippen molar-refractivity contribution in [2.75, 3.05) is 12.4 Å². The zero-order valence-electron chi connectivity index (χ0n) is 10.9. The first kappa shape index (κ1) is 12.9. The minimum Gasteiger partial charge on any atom is -0.295 e. The SMILES string of the molecule is Cc1ccc(C)c(CN(CCCl)C2CCC2)c1. The highest BCUT2D eigenvalue weighted by atomic mass is 35.5. The van der Waals surface area contributed by atoms with Crippen LogP contribution >= 0.6 is 11.6 Å². The molecule has 1 fully saturated rings. The summed E-state index contributed by atoms with van der Waals surface area (Å²) < 4.78 is 0. The standard InChI is InChI=1S/C15H22ClN/c1-12-6-7-13(2)14(10-12)11-17(9-8-16)15-4-3-5-15/h6-7,10,15H,3-5,8-9,11H2,1-2H3. The second-order valence-electron chi connectivity index (χ2n) is 5.17. The van der Waals surface area contributed by atoms with Crippen molar-refractivity contribution in [3.05, 3.63) is 34.9 Å². The summed E-state index contributed by atoms with van der Waals surface area (Å²) in [4.78, 5) is 2.55. The Morgan fingerprint density at radius 1 is 1.29 bits per heavy atom. The highest BCUT2D eigenvalue weighted by Gasteiger charge is 2.24. The van der Waals surface area contributed by atoms with Crippen LogP contribution < -0.4 is 0 Å². The lowest BCUT2D eigenvalue weighted by Crippen LogP contribution is -2.40. The second-order valence-corrected chi connectivity index (χ2v) is 5.55. The first-order valence-electron chi connectivity index (χ1n) is 6.57. The van der Waals surface area contributed by atoms with Crippen molar-refractivity contribution < 1.29 is 0 Å². The molecule has 0 spiro atoms. The highest BCUT2D eigenvalue weighted by molar-refractivity contribution is 6.18. The van der Waals surface area contributed by atoms with Gasteiger partial charge >= 0.3 is 0 Å². The number of halogens is 1. The van der Waals surface area contributed by atoms with Crippen LogP contribution in [0, 0.1) is 13.8 Å². The zero-order valence-corrected chi connectivity index (χ0v) is 11.6. The predicted molar refractivity (Wildman–Crippen MR) is 74.7 cm³/mol. The van der Waals surface area contributed by atoms with Gasteiger partial charge in [-0.25, -0.2) is 0 Å². The molecule has 17 heavy (non-hydrogen) atoms. The number of aryl methyl sites for hydroxylation is 2. The molecule has 0 atom stereocenters. The van der Waals surface area contributed by atoms with Crippen molar-refractivity contribution in [3.63, 3.8) is 0 Å². The van der Waals surface area contributed by atoms with Gasteiger partial charge in [0.05, 0.1) is 0 Å². The predicted octanol–water partition coefficient (Wildman–Crippen LogP) is 3.90. The van der Waals surface area contributed by atoms with E-state index in [4.69, 9.17) is 11.6 Å². The summed E-state index contributed by atoms with van der Waals surface area (Å²) >= 11 is 5.92. The molecule has 0 aliphatic heterocycles. The average Bonchev–Trinajstić information content (AvgIpc) is 2.21. The van der Waals surface area contributed by atoms with Crippen LogP contribution in [0.1, 0.15) is 36.0 Å². The Bertz CT molecular complexity index is 371. The van der Waals surface area contributed by atoms with E-state index in [1.54, 1.807) is 0 Å². The molecular formula is C15H22ClN. The minimum absolute atomic E-state index is 0.737. The third-order valence-electron chi connectivity index (χ3n) is 3.84. The molecule has 2 heteroatoms. The maximum Gasteiger partial charge on any atom is 0.0351 e. The molecular weight excluding hydrogens is 230 g/mol. The molecule has 0 saturated heterocycles. The fourth-order valence-electron chi connectivity index (χ4n) is 2.44. The van der Waals surface area contributed by atoms with Crippen molar-refractivity contribution in [1.82, 2.24) is 4.90 Å². The summed E-state index contributed by atoms with van der Waals surface area (Å²) in [6, 6.07) is 7.50. The number of nitrogens with zero attached hydrogens (tertiary/aromatic N) is 1. The van der Waals surface area contributed by atoms with E-state index < -0.39 is 0 Å². The number of benzene rings is 1. The lowest BCUT2D eigenvalue weighted by atomic mass is 9.91. The van der Waals surface area contributed by atoms with E-state index in [1.165, 1.54) is 36.0 Å². The highest BCUT2D eigenvalue weighted by Crippen LogP contribution is 2.27. The maximum atomic E-state index is 5.92. The van der Waals surface area contributed by atoms with Crippen LogP contribution in [0.3, 0.4) is 0 Å². The van der Waals surface area contributed by atoms with E-state index in [2.05, 4.69) is 36.9 Å². The summed E-state index contributed by atoms with van der Waals surface area (Å²) in [5.74, 6) is 0.737. The van der Waals surface area contributed by atoms with Crippen molar-refractivity contribution in [1.29, 1.82) is 0 Å². The van der Waals surface area contributed by atoms with Crippen molar-refractivity contribution in [2.24, 2.45) is 0 Å². The first-order chi connectivity index (χ1) is 8.20. The van der Waals surface area contributed by atoms with Crippen LogP contribution in [0.25, 0.3) is 0 Å². The number of hydrogen-bond donors (Lipinski definition) is 0. The molecule has 1 aliphatic carbocycles. The van der Waals surface area contributed by atoms with E-state index in [0.29, 0.717) is 0 Å². The summed E-state index contributed by atoms with van der Waals surface area (Å²) in [6.45, 7) is 6.44. The van der Waals surface area contributed by atoms with Gasteiger partial charge in [0.25, 0.3) is 0 Å². The number of hydrogen-bond acceptors (Lipinski definition) is 1. The lowest BCUT2D eigenvalue weighted by molar-refractivity contribution is 0.127. The van der Waals surface area contributed by atoms with E-state index >= 15 is 0 Å². The van der Waals surface area contributed by atoms with Gasteiger partial charge in [0.2, 0.25) is 0 Å². The topological polar surface area (TPSA) is 3.24 Å². The Morgan fingerprint density at radius 2 is 2.06 bits per heavy atom. The van der Waals surface area contributed by atoms with E-state index in [-0.39, 0.29) is 0 Å². The Morgan fingerprint density at radius 3 is 2.65 bits per heavy atom. The molecule has 1 aromatic rings. The summed E-state index contributed by atoms with van der Waals surface area (Å²) in [5, 5.41) is 0. The molecule has 0 unspecified atom stereocenters. The van der Waals surface area contributed by atoms with Crippen LogP contribution in [-0.4, -0.2) is 23.4 Å². The maximum absolute atomic E-state index is 5.92. The molecule has 0 radical (unpaired) electrons. The van der Waals surface area contributed by atoms with Gasteiger partial charge in [0, 0.05) is 25.0 Å². The van der Waals surface area contributed by atoms with Gasteiger partial charge in [-0.05, 0) is 37.8 Å². The summed E-state index contributed by atoms with van der Waals surface area (Å²) in [5.41, 5.74) is 4.21. The van der Waals surface area contributed by atoms with Crippen LogP contribution in [0.15, 0.2) is 18.2 Å². The molecule has 0 N–H and O–H groups in total. The first-order valence-corrected chi connectivity index (χ1v) is 7.10. The molecule has 94 valence electrons. The van der Waals surface area contributed by atoms with Gasteiger partial charge in [0.15, 0.2) is 0 Å². The molecule has 0 bridgehead atoms. The molecule has 0 heterocycles. The quantitative estimate of drug-likeness (QED) is 0.718. The van der Waals surface area contributed by atoms with Crippen LogP contribution in [0.4, 0.5) is 0 Å². The Labute approximate surface area is 110 Å². The molecule has 2 rings (SSSR count). The lowest BCUT2D eigenvalue weighted by Gasteiger charge is -2.37. The normalized spacial score (nSPS) is 16.2. The molecule has 1 saturated carbocycles. The molecule has 1 aromatic carbocycles. The number of alkyl halides is 1. The summed E-state index contributed by atoms with van der Waals surface area (Å²) in [6.07, 6.45) is 4.08. The van der Waals surface area contributed by atoms with Crippen molar-refractivity contribution in [3.8, 4) is 0 Å². The average molecular weight is 252 g/mol. The second kappa shape index (κ2) is 5.88. The monoisotopic (exact) mass is 251 g/mol. The van der Waals surface area contributed by atoms with Crippen LogP contribution in [0.2, 0.25) is 0 Å². The van der Waals surface area contributed by atoms with Gasteiger partial charge < -0.3 is 0 Å². The third-order valence-corrected chi connectivity index (χ3v) is 4.01. The molecule has 0 aromatic heterocycles. The Kier molecular flexibility index (Phi) is 4.47. The van der Waals surface area contributed by atoms with Gasteiger partial charge in [-0.1, -0.05) is 30.2 Å². The molecule has 1 nitrogen and oxygen atoms in total. The van der Waals surface area contributed by atoms with Gasteiger partial charge in [0.1, 0.15) is 0 Å². The van der Waals surface area contributed by atoms with E-state index in [1.807, 2.05) is 0 Å². The third kappa shape index (κ3) is 3.23. The molecule has 0 amide bonds. The van der Waals surface area contributed by atoms with Gasteiger partial charge in [-0.3, -0.25) is 4.90 Å². The Hall–Kier alpha value is -0.530. The minimum atomic E-state index is 0.737. The van der Waals surface area contributed by atoms with Crippen LogP contribution in [0.5, 0.6) is 0 Å². The smallest absolute Gasteiger partial charge is 0.0351 e.